The van der Waals surface area contributed by atoms with Crippen molar-refractivity contribution in [2.75, 3.05) is 0 Å². The van der Waals surface area contributed by atoms with Gasteiger partial charge in [0.1, 0.15) is 0 Å². The van der Waals surface area contributed by atoms with E-state index in [-0.39, 0.29) is 6.10 Å². The lowest BCUT2D eigenvalue weighted by Crippen LogP contribution is -2.05. The summed E-state index contributed by atoms with van der Waals surface area (Å²) in [6.07, 6.45) is 6.48. The van der Waals surface area contributed by atoms with Gasteiger partial charge in [0, 0.05) is 18.3 Å². The van der Waals surface area contributed by atoms with Gasteiger partial charge in [0.05, 0.1) is 12.3 Å². The van der Waals surface area contributed by atoms with E-state index in [9.17, 15) is 5.11 Å². The zero-order valence-corrected chi connectivity index (χ0v) is 9.98. The minimum Gasteiger partial charge on any atom is -0.388 e. The summed E-state index contributed by atoms with van der Waals surface area (Å²) in [5, 5.41) is 14.2. The fraction of sp³-hybridized carbons (Fsp3) is 0.750. The Bertz CT molecular complexity index is 279. The van der Waals surface area contributed by atoms with Gasteiger partial charge in [-0.05, 0) is 19.3 Å². The maximum Gasteiger partial charge on any atom is 0.0823 e. The van der Waals surface area contributed by atoms with E-state index in [2.05, 4.69) is 18.9 Å². The number of aromatic nitrogens is 2. The molecule has 1 atom stereocenters. The zero-order chi connectivity index (χ0) is 11.3. The van der Waals surface area contributed by atoms with E-state index >= 15 is 0 Å². The van der Waals surface area contributed by atoms with Gasteiger partial charge in [-0.3, -0.25) is 4.68 Å². The summed E-state index contributed by atoms with van der Waals surface area (Å²) >= 11 is 0. The highest BCUT2D eigenvalue weighted by molar-refractivity contribution is 5.07. The summed E-state index contributed by atoms with van der Waals surface area (Å²) in [6.45, 7) is 7.26. The highest BCUT2D eigenvalue weighted by atomic mass is 16.3. The van der Waals surface area contributed by atoms with Crippen LogP contribution in [-0.4, -0.2) is 14.9 Å². The fourth-order valence-electron chi connectivity index (χ4n) is 1.80. The average molecular weight is 210 g/mol. The number of aryl methyl sites for hydroxylation is 1. The standard InChI is InChI=1S/C12H22N2O/c1-4-10(5-2)7-12(15)11-8-13-14(6-3)9-11/h8-10,12,15H,4-7H2,1-3H3. The van der Waals surface area contributed by atoms with Gasteiger partial charge in [0.25, 0.3) is 0 Å². The highest BCUT2D eigenvalue weighted by Crippen LogP contribution is 2.24. The minimum absolute atomic E-state index is 0.352. The second-order valence-corrected chi connectivity index (χ2v) is 4.06. The van der Waals surface area contributed by atoms with Crippen molar-refractivity contribution in [3.8, 4) is 0 Å². The predicted molar refractivity (Wildman–Crippen MR) is 61.5 cm³/mol. The van der Waals surface area contributed by atoms with Crippen LogP contribution >= 0.6 is 0 Å². The first-order valence-corrected chi connectivity index (χ1v) is 5.91. The Morgan fingerprint density at radius 3 is 2.47 bits per heavy atom. The summed E-state index contributed by atoms with van der Waals surface area (Å²) < 4.78 is 1.85. The zero-order valence-electron chi connectivity index (χ0n) is 9.98. The van der Waals surface area contributed by atoms with Crippen LogP contribution < -0.4 is 0 Å². The molecule has 0 radical (unpaired) electrons. The molecule has 1 aromatic heterocycles. The lowest BCUT2D eigenvalue weighted by Gasteiger charge is -2.15. The third-order valence-electron chi connectivity index (χ3n) is 3.07. The van der Waals surface area contributed by atoms with E-state index in [1.807, 2.05) is 17.8 Å². The average Bonchev–Trinajstić information content (AvgIpc) is 2.74. The van der Waals surface area contributed by atoms with E-state index in [4.69, 9.17) is 0 Å². The van der Waals surface area contributed by atoms with Crippen molar-refractivity contribution in [3.63, 3.8) is 0 Å². The van der Waals surface area contributed by atoms with E-state index < -0.39 is 0 Å². The van der Waals surface area contributed by atoms with Gasteiger partial charge in [-0.1, -0.05) is 26.7 Å². The molecule has 0 spiro atoms. The lowest BCUT2D eigenvalue weighted by molar-refractivity contribution is 0.141. The van der Waals surface area contributed by atoms with Crippen molar-refractivity contribution >= 4 is 0 Å². The molecule has 0 aromatic carbocycles. The van der Waals surface area contributed by atoms with Gasteiger partial charge >= 0.3 is 0 Å². The molecule has 0 saturated heterocycles. The monoisotopic (exact) mass is 210 g/mol. The number of rotatable bonds is 6. The molecule has 86 valence electrons. The molecule has 0 bridgehead atoms. The first-order chi connectivity index (χ1) is 7.21. The summed E-state index contributed by atoms with van der Waals surface area (Å²) in [4.78, 5) is 0. The van der Waals surface area contributed by atoms with Crippen molar-refractivity contribution < 1.29 is 5.11 Å². The van der Waals surface area contributed by atoms with Crippen LogP contribution in [0.25, 0.3) is 0 Å². The van der Waals surface area contributed by atoms with Crippen LogP contribution in [0.2, 0.25) is 0 Å². The second kappa shape index (κ2) is 5.91. The summed E-state index contributed by atoms with van der Waals surface area (Å²) in [7, 11) is 0. The van der Waals surface area contributed by atoms with Gasteiger partial charge in [-0.2, -0.15) is 5.10 Å². The van der Waals surface area contributed by atoms with E-state index in [0.29, 0.717) is 5.92 Å². The summed E-state index contributed by atoms with van der Waals surface area (Å²) in [5.74, 6) is 0.616. The second-order valence-electron chi connectivity index (χ2n) is 4.06. The minimum atomic E-state index is -0.352. The highest BCUT2D eigenvalue weighted by Gasteiger charge is 2.14. The van der Waals surface area contributed by atoms with Gasteiger partial charge < -0.3 is 5.11 Å². The normalized spacial score (nSPS) is 13.4. The van der Waals surface area contributed by atoms with Gasteiger partial charge in [-0.25, -0.2) is 0 Å². The number of hydrogen-bond donors (Lipinski definition) is 1. The number of hydrogen-bond acceptors (Lipinski definition) is 2. The van der Waals surface area contributed by atoms with Gasteiger partial charge in [0.15, 0.2) is 0 Å². The molecular formula is C12H22N2O. The Hall–Kier alpha value is -0.830. The predicted octanol–water partition coefficient (Wildman–Crippen LogP) is 2.76. The first kappa shape index (κ1) is 12.2. The van der Waals surface area contributed by atoms with Crippen LogP contribution in [0.3, 0.4) is 0 Å². The molecule has 0 aliphatic heterocycles. The maximum absolute atomic E-state index is 10.0. The molecule has 0 saturated carbocycles. The smallest absolute Gasteiger partial charge is 0.0823 e. The quantitative estimate of drug-likeness (QED) is 0.784. The van der Waals surface area contributed by atoms with Crippen LogP contribution in [0.4, 0.5) is 0 Å². The van der Waals surface area contributed by atoms with Crippen LogP contribution in [-0.2, 0) is 6.54 Å². The number of aliphatic hydroxyl groups is 1. The molecular weight excluding hydrogens is 188 g/mol. The molecule has 15 heavy (non-hydrogen) atoms. The van der Waals surface area contributed by atoms with E-state index in [1.54, 1.807) is 6.20 Å². The molecule has 0 aliphatic rings. The summed E-state index contributed by atoms with van der Waals surface area (Å²) in [5.41, 5.74) is 0.948. The summed E-state index contributed by atoms with van der Waals surface area (Å²) in [6, 6.07) is 0. The molecule has 0 aliphatic carbocycles. The van der Waals surface area contributed by atoms with Crippen molar-refractivity contribution in [3.05, 3.63) is 18.0 Å². The Balaban J connectivity index is 2.55. The SMILES string of the molecule is CCC(CC)CC(O)c1cnn(CC)c1. The maximum atomic E-state index is 10.0. The molecule has 3 heteroatoms. The van der Waals surface area contributed by atoms with Gasteiger partial charge in [0.2, 0.25) is 0 Å². The third-order valence-corrected chi connectivity index (χ3v) is 3.07. The molecule has 1 unspecified atom stereocenters. The van der Waals surface area contributed by atoms with E-state index in [1.165, 1.54) is 0 Å². The topological polar surface area (TPSA) is 38.1 Å². The van der Waals surface area contributed by atoms with Crippen molar-refractivity contribution in [1.29, 1.82) is 0 Å². The van der Waals surface area contributed by atoms with Crippen molar-refractivity contribution in [2.45, 2.75) is 52.7 Å². The Morgan fingerprint density at radius 1 is 1.33 bits per heavy atom. The van der Waals surface area contributed by atoms with Crippen LogP contribution in [0.15, 0.2) is 12.4 Å². The molecule has 0 fully saturated rings. The van der Waals surface area contributed by atoms with Crippen molar-refractivity contribution in [1.82, 2.24) is 9.78 Å². The Kier molecular flexibility index (Phi) is 4.82. The number of nitrogens with zero attached hydrogens (tertiary/aromatic N) is 2. The molecule has 1 heterocycles. The number of aliphatic hydroxyl groups excluding tert-OH is 1. The third kappa shape index (κ3) is 3.34. The Labute approximate surface area is 92.1 Å². The molecule has 1 N–H and O–H groups in total. The first-order valence-electron chi connectivity index (χ1n) is 5.91. The molecule has 0 amide bonds. The van der Waals surface area contributed by atoms with Gasteiger partial charge in [-0.15, -0.1) is 0 Å². The lowest BCUT2D eigenvalue weighted by atomic mass is 9.94. The van der Waals surface area contributed by atoms with Crippen LogP contribution in [0.1, 0.15) is 51.7 Å². The van der Waals surface area contributed by atoms with Crippen molar-refractivity contribution in [2.24, 2.45) is 5.92 Å². The Morgan fingerprint density at radius 2 is 2.00 bits per heavy atom. The molecule has 1 rings (SSSR count). The van der Waals surface area contributed by atoms with Crippen LogP contribution in [0.5, 0.6) is 0 Å². The van der Waals surface area contributed by atoms with E-state index in [0.717, 1.165) is 31.4 Å². The van der Waals surface area contributed by atoms with Crippen LogP contribution in [0, 0.1) is 5.92 Å². The fourth-order valence-corrected chi connectivity index (χ4v) is 1.80. The molecule has 3 nitrogen and oxygen atoms in total. The molecule has 1 aromatic rings. The largest absolute Gasteiger partial charge is 0.388 e.